The van der Waals surface area contributed by atoms with Gasteiger partial charge in [0.15, 0.2) is 0 Å². The molecule has 0 saturated heterocycles. The van der Waals surface area contributed by atoms with Crippen LogP contribution in [0.5, 0.6) is 0 Å². The molecule has 0 aromatic carbocycles. The Morgan fingerprint density at radius 3 is 1.36 bits per heavy atom. The molecule has 10 heteroatoms. The van der Waals surface area contributed by atoms with E-state index in [1.807, 2.05) is 0 Å². The van der Waals surface area contributed by atoms with E-state index in [1.54, 1.807) is 0 Å². The molecule has 0 amide bonds. The van der Waals surface area contributed by atoms with Gasteiger partial charge in [-0.05, 0) is 0 Å². The highest BCUT2D eigenvalue weighted by molar-refractivity contribution is 7.68. The van der Waals surface area contributed by atoms with Gasteiger partial charge in [0.25, 0.3) is 0 Å². The minimum absolute atomic E-state index is 0.0401. The van der Waals surface area contributed by atoms with Gasteiger partial charge in [0.2, 0.25) is 0 Å². The Bertz CT molecular complexity index is 282. The van der Waals surface area contributed by atoms with Gasteiger partial charge in [0.1, 0.15) is 11.9 Å². The van der Waals surface area contributed by atoms with E-state index in [2.05, 4.69) is 9.98 Å². The lowest BCUT2D eigenvalue weighted by atomic mass is 10.7. The van der Waals surface area contributed by atoms with Crippen molar-refractivity contribution in [2.75, 3.05) is 13.1 Å². The third kappa shape index (κ3) is 11.6. The molecular formula is C4H10N2O6P2. The van der Waals surface area contributed by atoms with Gasteiger partial charge in [0.05, 0.1) is 13.1 Å². The van der Waals surface area contributed by atoms with Crippen molar-refractivity contribution in [2.24, 2.45) is 9.98 Å². The fraction of sp³-hybridized carbons (Fsp3) is 0.500. The van der Waals surface area contributed by atoms with Crippen molar-refractivity contribution in [1.29, 1.82) is 0 Å². The maximum Gasteiger partial charge on any atom is 0.366 e. The Labute approximate surface area is 79.7 Å². The molecule has 0 fully saturated rings. The van der Waals surface area contributed by atoms with Crippen LogP contribution in [0.4, 0.5) is 0 Å². The molecule has 0 aliphatic heterocycles. The monoisotopic (exact) mass is 244 g/mol. The lowest BCUT2D eigenvalue weighted by Gasteiger charge is -1.94. The predicted octanol–water partition coefficient (Wildman–Crippen LogP) is -0.602. The van der Waals surface area contributed by atoms with Gasteiger partial charge in [-0.15, -0.1) is 0 Å². The molecule has 0 atom stereocenters. The summed E-state index contributed by atoms with van der Waals surface area (Å²) in [4.78, 5) is 39.8. The van der Waals surface area contributed by atoms with Gasteiger partial charge in [0, 0.05) is 0 Å². The summed E-state index contributed by atoms with van der Waals surface area (Å²) in [6.45, 7) is -0.0801. The quantitative estimate of drug-likeness (QED) is 0.289. The lowest BCUT2D eigenvalue weighted by Crippen LogP contribution is -1.89. The highest BCUT2D eigenvalue weighted by Gasteiger charge is 2.07. The van der Waals surface area contributed by atoms with Crippen molar-refractivity contribution < 1.29 is 28.7 Å². The summed E-state index contributed by atoms with van der Waals surface area (Å²) in [6, 6.07) is 0. The SMILES string of the molecule is O=P(O)(O)C=NCCN=CP(=O)(O)O. The van der Waals surface area contributed by atoms with E-state index < -0.39 is 15.2 Å². The molecule has 0 bridgehead atoms. The minimum atomic E-state index is -4.24. The van der Waals surface area contributed by atoms with Crippen LogP contribution >= 0.6 is 15.2 Å². The molecule has 14 heavy (non-hydrogen) atoms. The van der Waals surface area contributed by atoms with Crippen LogP contribution in [0.2, 0.25) is 0 Å². The average Bonchev–Trinajstić information content (AvgIpc) is 1.92. The molecule has 0 radical (unpaired) electrons. The molecule has 0 aromatic heterocycles. The first-order valence-electron chi connectivity index (χ1n) is 3.33. The summed E-state index contributed by atoms with van der Waals surface area (Å²) in [7, 11) is -8.49. The third-order valence-electron chi connectivity index (χ3n) is 0.822. The molecule has 0 spiro atoms. The molecule has 4 N–H and O–H groups in total. The van der Waals surface area contributed by atoms with Gasteiger partial charge in [-0.3, -0.25) is 19.1 Å². The second-order valence-electron chi connectivity index (χ2n) is 2.22. The van der Waals surface area contributed by atoms with Crippen LogP contribution in [0.3, 0.4) is 0 Å². The predicted molar refractivity (Wildman–Crippen MR) is 50.8 cm³/mol. The zero-order valence-electron chi connectivity index (χ0n) is 6.96. The van der Waals surface area contributed by atoms with Crippen LogP contribution in [0.25, 0.3) is 0 Å². The van der Waals surface area contributed by atoms with Crippen LogP contribution in [0, 0.1) is 0 Å². The molecule has 0 rings (SSSR count). The topological polar surface area (TPSA) is 140 Å². The summed E-state index contributed by atoms with van der Waals surface area (Å²) < 4.78 is 20.4. The number of nitrogens with zero attached hydrogens (tertiary/aromatic N) is 2. The lowest BCUT2D eigenvalue weighted by molar-refractivity contribution is 0.390. The normalized spacial score (nSPS) is 14.3. The van der Waals surface area contributed by atoms with Crippen molar-refractivity contribution in [3.63, 3.8) is 0 Å². The Morgan fingerprint density at radius 1 is 0.857 bits per heavy atom. The molecule has 8 nitrogen and oxygen atoms in total. The van der Waals surface area contributed by atoms with Crippen LogP contribution < -0.4 is 0 Å². The fourth-order valence-electron chi connectivity index (χ4n) is 0.444. The Balaban J connectivity index is 3.79. The fourth-order valence-corrected chi connectivity index (χ4v) is 1.10. The van der Waals surface area contributed by atoms with E-state index in [9.17, 15) is 9.13 Å². The zero-order valence-corrected chi connectivity index (χ0v) is 8.75. The van der Waals surface area contributed by atoms with Crippen molar-refractivity contribution in [1.82, 2.24) is 0 Å². The summed E-state index contributed by atoms with van der Waals surface area (Å²) in [5, 5.41) is 0. The van der Waals surface area contributed by atoms with E-state index in [0.29, 0.717) is 11.9 Å². The van der Waals surface area contributed by atoms with Gasteiger partial charge in [-0.25, -0.2) is 0 Å². The Kier molecular flexibility index (Phi) is 5.36. The zero-order chi connectivity index (χ0) is 11.2. The van der Waals surface area contributed by atoms with E-state index in [4.69, 9.17) is 19.6 Å². The average molecular weight is 244 g/mol. The van der Waals surface area contributed by atoms with Crippen LogP contribution in [-0.4, -0.2) is 44.6 Å². The van der Waals surface area contributed by atoms with E-state index in [0.717, 1.165) is 0 Å². The van der Waals surface area contributed by atoms with Crippen molar-refractivity contribution >= 4 is 27.1 Å². The molecule has 0 aliphatic carbocycles. The first-order chi connectivity index (χ1) is 6.21. The first-order valence-corrected chi connectivity index (χ1v) is 6.69. The summed E-state index contributed by atoms with van der Waals surface area (Å²) >= 11 is 0. The largest absolute Gasteiger partial charge is 0.366 e. The summed E-state index contributed by atoms with van der Waals surface area (Å²) in [5.74, 6) is 0.944. The smallest absolute Gasteiger partial charge is 0.320 e. The molecular weight excluding hydrogens is 234 g/mol. The number of hydrogen-bond donors (Lipinski definition) is 4. The third-order valence-corrected chi connectivity index (χ3v) is 1.75. The number of hydrogen-bond acceptors (Lipinski definition) is 4. The van der Waals surface area contributed by atoms with E-state index in [-0.39, 0.29) is 13.1 Å². The van der Waals surface area contributed by atoms with Crippen molar-refractivity contribution in [2.45, 2.75) is 0 Å². The Hall–Kier alpha value is -0.360. The van der Waals surface area contributed by atoms with Crippen molar-refractivity contribution in [3.8, 4) is 0 Å². The highest BCUT2D eigenvalue weighted by Crippen LogP contribution is 2.30. The second-order valence-corrected chi connectivity index (χ2v) is 5.04. The molecule has 0 aliphatic rings. The van der Waals surface area contributed by atoms with Gasteiger partial charge < -0.3 is 19.6 Å². The molecule has 82 valence electrons. The summed E-state index contributed by atoms with van der Waals surface area (Å²) in [5.41, 5.74) is 0. The molecule has 0 saturated carbocycles. The van der Waals surface area contributed by atoms with Gasteiger partial charge in [-0.2, -0.15) is 0 Å². The Morgan fingerprint density at radius 2 is 1.14 bits per heavy atom. The minimum Gasteiger partial charge on any atom is -0.320 e. The maximum atomic E-state index is 10.2. The standard InChI is InChI=1S/C4H10N2O6P2/c7-13(8,9)3-5-1-2-6-4-14(10,11)12/h3-4H,1-2H2,(H2,7,8,9)(H2,10,11,12). The second kappa shape index (κ2) is 5.50. The van der Waals surface area contributed by atoms with Crippen LogP contribution in [0.15, 0.2) is 9.98 Å². The van der Waals surface area contributed by atoms with Crippen molar-refractivity contribution in [3.05, 3.63) is 0 Å². The summed E-state index contributed by atoms with van der Waals surface area (Å²) in [6.07, 6.45) is 0. The van der Waals surface area contributed by atoms with Gasteiger partial charge >= 0.3 is 15.2 Å². The highest BCUT2D eigenvalue weighted by atomic mass is 31.2. The number of aliphatic imine (C=N–C) groups is 2. The number of rotatable bonds is 5. The maximum absolute atomic E-state index is 10.2. The molecule has 0 heterocycles. The van der Waals surface area contributed by atoms with Crippen LogP contribution in [-0.2, 0) is 9.13 Å². The van der Waals surface area contributed by atoms with Gasteiger partial charge in [-0.1, -0.05) is 0 Å². The molecule has 0 aromatic rings. The first kappa shape index (κ1) is 13.6. The molecule has 0 unspecified atom stereocenters. The van der Waals surface area contributed by atoms with Crippen LogP contribution in [0.1, 0.15) is 0 Å². The van der Waals surface area contributed by atoms with E-state index >= 15 is 0 Å². The van der Waals surface area contributed by atoms with E-state index in [1.165, 1.54) is 0 Å².